The molecule has 0 spiro atoms. The minimum Gasteiger partial charge on any atom is -0.382 e. The van der Waals surface area contributed by atoms with Gasteiger partial charge in [-0.1, -0.05) is 26.2 Å². The molecule has 0 aromatic carbocycles. The van der Waals surface area contributed by atoms with E-state index in [4.69, 9.17) is 0 Å². The monoisotopic (exact) mass is 251 g/mol. The van der Waals surface area contributed by atoms with Gasteiger partial charge in [0.05, 0.1) is 6.42 Å². The van der Waals surface area contributed by atoms with Crippen LogP contribution in [0.25, 0.3) is 0 Å². The zero-order valence-corrected chi connectivity index (χ0v) is 10.9. The fourth-order valence-corrected chi connectivity index (χ4v) is 2.55. The maximum atomic E-state index is 12.2. The number of nitrogens with zero attached hydrogens (tertiary/aromatic N) is 3. The fourth-order valence-electron chi connectivity index (χ4n) is 2.55. The number of rotatable bonds is 5. The molecule has 0 amide bonds. The Morgan fingerprint density at radius 2 is 2.17 bits per heavy atom. The van der Waals surface area contributed by atoms with Crippen molar-refractivity contribution >= 4 is 5.78 Å². The van der Waals surface area contributed by atoms with Gasteiger partial charge in [-0.15, -0.1) is 0 Å². The molecule has 1 heterocycles. The van der Waals surface area contributed by atoms with Crippen LogP contribution in [0.1, 0.15) is 51.3 Å². The summed E-state index contributed by atoms with van der Waals surface area (Å²) in [7, 11) is 0. The van der Waals surface area contributed by atoms with Crippen LogP contribution in [0, 0.1) is 0 Å². The number of hydrogen-bond donors (Lipinski definition) is 1. The summed E-state index contributed by atoms with van der Waals surface area (Å²) in [5.41, 5.74) is -1.12. The normalized spacial score (nSPS) is 18.8. The smallest absolute Gasteiger partial charge is 0.171 e. The summed E-state index contributed by atoms with van der Waals surface area (Å²) in [6.45, 7) is 2.82. The molecule has 1 N–H and O–H groups in total. The molecule has 1 fully saturated rings. The maximum absolute atomic E-state index is 12.2. The van der Waals surface area contributed by atoms with Crippen molar-refractivity contribution in [3.8, 4) is 0 Å². The molecule has 1 saturated carbocycles. The van der Waals surface area contributed by atoms with Gasteiger partial charge in [-0.3, -0.25) is 4.79 Å². The molecule has 2 rings (SSSR count). The molecule has 0 radical (unpaired) electrons. The number of aromatic nitrogens is 3. The zero-order valence-electron chi connectivity index (χ0n) is 10.9. The number of aliphatic hydroxyl groups is 1. The molecule has 100 valence electrons. The van der Waals surface area contributed by atoms with Gasteiger partial charge >= 0.3 is 0 Å². The number of aryl methyl sites for hydroxylation is 1. The molecular weight excluding hydrogens is 230 g/mol. The molecule has 1 aliphatic carbocycles. The Balaban J connectivity index is 2.03. The molecule has 0 unspecified atom stereocenters. The minimum absolute atomic E-state index is 0.104. The molecule has 1 aliphatic rings. The average molecular weight is 251 g/mol. The van der Waals surface area contributed by atoms with Gasteiger partial charge in [-0.05, 0) is 19.3 Å². The lowest BCUT2D eigenvalue weighted by atomic mass is 9.81. The number of carbonyl (C=O) groups is 1. The van der Waals surface area contributed by atoms with Crippen LogP contribution in [0.15, 0.2) is 6.33 Å². The quantitative estimate of drug-likeness (QED) is 0.861. The Bertz CT molecular complexity index is 408. The third-order valence-electron chi connectivity index (χ3n) is 3.65. The van der Waals surface area contributed by atoms with Gasteiger partial charge in [-0.25, -0.2) is 9.67 Å². The van der Waals surface area contributed by atoms with Crippen LogP contribution >= 0.6 is 0 Å². The number of Topliss-reactive ketones (excluding diaryl/α,β-unsaturated/α-hetero) is 1. The predicted molar refractivity (Wildman–Crippen MR) is 67.1 cm³/mol. The highest BCUT2D eigenvalue weighted by atomic mass is 16.3. The van der Waals surface area contributed by atoms with Crippen molar-refractivity contribution in [2.24, 2.45) is 0 Å². The predicted octanol–water partition coefficient (Wildman–Crippen LogP) is 1.49. The first-order valence-electron chi connectivity index (χ1n) is 6.78. The van der Waals surface area contributed by atoms with Crippen LogP contribution in [-0.2, 0) is 17.8 Å². The van der Waals surface area contributed by atoms with Crippen LogP contribution in [0.3, 0.4) is 0 Å². The lowest BCUT2D eigenvalue weighted by Crippen LogP contribution is -2.41. The van der Waals surface area contributed by atoms with Gasteiger partial charge < -0.3 is 5.11 Å². The summed E-state index contributed by atoms with van der Waals surface area (Å²) in [4.78, 5) is 16.3. The fraction of sp³-hybridized carbons (Fsp3) is 0.769. The van der Waals surface area contributed by atoms with Gasteiger partial charge in [0.1, 0.15) is 17.8 Å². The molecule has 5 heteroatoms. The molecule has 1 aromatic heterocycles. The van der Waals surface area contributed by atoms with E-state index in [0.717, 1.165) is 32.2 Å². The van der Waals surface area contributed by atoms with E-state index in [0.29, 0.717) is 18.7 Å². The Hall–Kier alpha value is -1.23. The standard InChI is InChI=1S/C13H21N3O2/c1-2-8-16-12(14-10-15-16)9-11(17)13(18)6-4-3-5-7-13/h10,18H,2-9H2,1H3. The van der Waals surface area contributed by atoms with Crippen molar-refractivity contribution in [1.82, 2.24) is 14.8 Å². The Kier molecular flexibility index (Phi) is 4.11. The summed E-state index contributed by atoms with van der Waals surface area (Å²) in [5.74, 6) is 0.563. The van der Waals surface area contributed by atoms with Crippen LogP contribution in [0.2, 0.25) is 0 Å². The van der Waals surface area contributed by atoms with Gasteiger partial charge in [-0.2, -0.15) is 5.10 Å². The topological polar surface area (TPSA) is 68.0 Å². The van der Waals surface area contributed by atoms with E-state index >= 15 is 0 Å². The Labute approximate surface area is 107 Å². The second-order valence-corrected chi connectivity index (χ2v) is 5.09. The molecule has 0 atom stereocenters. The Morgan fingerprint density at radius 3 is 2.83 bits per heavy atom. The van der Waals surface area contributed by atoms with Crippen molar-refractivity contribution in [3.63, 3.8) is 0 Å². The molecule has 0 saturated heterocycles. The first kappa shape index (κ1) is 13.2. The van der Waals surface area contributed by atoms with Gasteiger partial charge in [0, 0.05) is 6.54 Å². The van der Waals surface area contributed by atoms with E-state index in [-0.39, 0.29) is 12.2 Å². The molecule has 5 nitrogen and oxygen atoms in total. The number of carbonyl (C=O) groups excluding carboxylic acids is 1. The van der Waals surface area contributed by atoms with Crippen molar-refractivity contribution in [2.45, 2.75) is 64.0 Å². The van der Waals surface area contributed by atoms with Crippen LogP contribution < -0.4 is 0 Å². The zero-order chi connectivity index (χ0) is 13.0. The second kappa shape index (κ2) is 5.61. The van der Waals surface area contributed by atoms with Crippen molar-refractivity contribution < 1.29 is 9.90 Å². The molecule has 1 aromatic rings. The number of ketones is 1. The first-order valence-corrected chi connectivity index (χ1v) is 6.78. The largest absolute Gasteiger partial charge is 0.382 e. The summed E-state index contributed by atoms with van der Waals surface area (Å²) >= 11 is 0. The van der Waals surface area contributed by atoms with E-state index in [2.05, 4.69) is 17.0 Å². The molecule has 0 aliphatic heterocycles. The SMILES string of the molecule is CCCn1ncnc1CC(=O)C1(O)CCCCC1. The van der Waals surface area contributed by atoms with Crippen molar-refractivity contribution in [2.75, 3.05) is 0 Å². The Morgan fingerprint density at radius 1 is 1.44 bits per heavy atom. The van der Waals surface area contributed by atoms with E-state index in [1.54, 1.807) is 4.68 Å². The number of hydrogen-bond acceptors (Lipinski definition) is 4. The van der Waals surface area contributed by atoms with Crippen molar-refractivity contribution in [3.05, 3.63) is 12.2 Å². The van der Waals surface area contributed by atoms with Gasteiger partial charge in [0.25, 0.3) is 0 Å². The lowest BCUT2D eigenvalue weighted by molar-refractivity contribution is -0.140. The highest BCUT2D eigenvalue weighted by molar-refractivity contribution is 5.88. The van der Waals surface area contributed by atoms with Crippen LogP contribution in [-0.4, -0.2) is 31.3 Å². The third kappa shape index (κ3) is 2.77. The summed E-state index contributed by atoms with van der Waals surface area (Å²) in [6.07, 6.45) is 6.78. The third-order valence-corrected chi connectivity index (χ3v) is 3.65. The second-order valence-electron chi connectivity index (χ2n) is 5.09. The summed E-state index contributed by atoms with van der Waals surface area (Å²) in [5, 5.41) is 14.5. The van der Waals surface area contributed by atoms with Crippen LogP contribution in [0.4, 0.5) is 0 Å². The van der Waals surface area contributed by atoms with Gasteiger partial charge in [0.2, 0.25) is 0 Å². The minimum atomic E-state index is -1.12. The van der Waals surface area contributed by atoms with Crippen LogP contribution in [0.5, 0.6) is 0 Å². The molecule has 0 bridgehead atoms. The summed E-state index contributed by atoms with van der Waals surface area (Å²) in [6, 6.07) is 0. The highest BCUT2D eigenvalue weighted by Gasteiger charge is 2.37. The maximum Gasteiger partial charge on any atom is 0.171 e. The molecule has 18 heavy (non-hydrogen) atoms. The van der Waals surface area contributed by atoms with E-state index in [1.165, 1.54) is 6.33 Å². The summed E-state index contributed by atoms with van der Waals surface area (Å²) < 4.78 is 1.75. The van der Waals surface area contributed by atoms with E-state index < -0.39 is 5.60 Å². The lowest BCUT2D eigenvalue weighted by Gasteiger charge is -2.30. The first-order chi connectivity index (χ1) is 8.65. The average Bonchev–Trinajstić information content (AvgIpc) is 2.78. The van der Waals surface area contributed by atoms with Crippen molar-refractivity contribution in [1.29, 1.82) is 0 Å². The van der Waals surface area contributed by atoms with Gasteiger partial charge in [0.15, 0.2) is 5.78 Å². The van der Waals surface area contributed by atoms with E-state index in [9.17, 15) is 9.90 Å². The highest BCUT2D eigenvalue weighted by Crippen LogP contribution is 2.29. The van der Waals surface area contributed by atoms with E-state index in [1.807, 2.05) is 0 Å². The molecular formula is C13H21N3O2.